The molecule has 0 N–H and O–H groups in total. The Labute approximate surface area is 87.0 Å². The summed E-state index contributed by atoms with van der Waals surface area (Å²) in [6, 6.07) is 5.90. The van der Waals surface area contributed by atoms with Crippen molar-refractivity contribution in [3.05, 3.63) is 23.8 Å². The van der Waals surface area contributed by atoms with Crippen molar-refractivity contribution in [2.24, 2.45) is 0 Å². The highest BCUT2D eigenvalue weighted by Crippen LogP contribution is 2.27. The molecule has 3 heteroatoms. The molecule has 0 aliphatic rings. The van der Waals surface area contributed by atoms with Gasteiger partial charge in [0.2, 0.25) is 0 Å². The fraction of sp³-hybridized carbons (Fsp3) is 0.400. The van der Waals surface area contributed by atoms with Crippen molar-refractivity contribution in [2.45, 2.75) is 6.92 Å². The highest BCUT2D eigenvalue weighted by atomic mass is 79.9. The van der Waals surface area contributed by atoms with E-state index < -0.39 is 0 Å². The zero-order chi connectivity index (χ0) is 9.68. The van der Waals surface area contributed by atoms with Gasteiger partial charge in [0.25, 0.3) is 0 Å². The lowest BCUT2D eigenvalue weighted by Crippen LogP contribution is -1.99. The molecule has 0 aliphatic heterocycles. The van der Waals surface area contributed by atoms with Gasteiger partial charge in [-0.15, -0.1) is 0 Å². The van der Waals surface area contributed by atoms with E-state index in [1.165, 1.54) is 5.56 Å². The average molecular weight is 245 g/mol. The number of alkyl halides is 1. The van der Waals surface area contributed by atoms with E-state index in [1.807, 2.05) is 25.1 Å². The van der Waals surface area contributed by atoms with Crippen molar-refractivity contribution < 1.29 is 9.47 Å². The zero-order valence-electron chi connectivity index (χ0n) is 7.84. The quantitative estimate of drug-likeness (QED) is 0.759. The summed E-state index contributed by atoms with van der Waals surface area (Å²) >= 11 is 3.30. The van der Waals surface area contributed by atoms with Crippen LogP contribution in [0, 0.1) is 6.92 Å². The van der Waals surface area contributed by atoms with Crippen LogP contribution >= 0.6 is 15.9 Å². The fourth-order valence-electron chi connectivity index (χ4n) is 1.04. The van der Waals surface area contributed by atoms with E-state index in [1.54, 1.807) is 7.11 Å². The molecule has 1 aromatic carbocycles. The predicted molar refractivity (Wildman–Crippen MR) is 57.0 cm³/mol. The van der Waals surface area contributed by atoms with E-state index in [9.17, 15) is 0 Å². The monoisotopic (exact) mass is 244 g/mol. The van der Waals surface area contributed by atoms with E-state index >= 15 is 0 Å². The Kier molecular flexibility index (Phi) is 4.09. The topological polar surface area (TPSA) is 18.5 Å². The Morgan fingerprint density at radius 2 is 2.08 bits per heavy atom. The third kappa shape index (κ3) is 2.92. The summed E-state index contributed by atoms with van der Waals surface area (Å²) in [5, 5.41) is 0.823. The molecule has 0 heterocycles. The molecular weight excluding hydrogens is 232 g/mol. The van der Waals surface area contributed by atoms with Gasteiger partial charge < -0.3 is 9.47 Å². The molecule has 1 aromatic rings. The maximum Gasteiger partial charge on any atom is 0.161 e. The number of benzene rings is 1. The summed E-state index contributed by atoms with van der Waals surface area (Å²) in [7, 11) is 1.65. The molecule has 72 valence electrons. The SMILES string of the molecule is COc1cc(C)ccc1OCCBr. The van der Waals surface area contributed by atoms with Gasteiger partial charge in [0.15, 0.2) is 11.5 Å². The van der Waals surface area contributed by atoms with E-state index in [4.69, 9.17) is 9.47 Å². The van der Waals surface area contributed by atoms with Crippen LogP contribution in [0.25, 0.3) is 0 Å². The molecule has 0 spiro atoms. The molecule has 0 unspecified atom stereocenters. The second kappa shape index (κ2) is 5.12. The normalized spacial score (nSPS) is 9.77. The molecule has 0 aromatic heterocycles. The largest absolute Gasteiger partial charge is 0.493 e. The number of rotatable bonds is 4. The lowest BCUT2D eigenvalue weighted by atomic mass is 10.2. The minimum atomic E-state index is 0.652. The van der Waals surface area contributed by atoms with Crippen LogP contribution in [0.4, 0.5) is 0 Å². The lowest BCUT2D eigenvalue weighted by molar-refractivity contribution is 0.314. The molecule has 0 saturated carbocycles. The number of aryl methyl sites for hydroxylation is 1. The van der Waals surface area contributed by atoms with Crippen LogP contribution in [0.15, 0.2) is 18.2 Å². The summed E-state index contributed by atoms with van der Waals surface area (Å²) < 4.78 is 10.6. The van der Waals surface area contributed by atoms with Crippen molar-refractivity contribution in [3.63, 3.8) is 0 Å². The molecule has 1 rings (SSSR count). The molecule has 2 nitrogen and oxygen atoms in total. The third-order valence-corrected chi connectivity index (χ3v) is 1.98. The van der Waals surface area contributed by atoms with E-state index in [0.717, 1.165) is 16.8 Å². The number of hydrogen-bond donors (Lipinski definition) is 0. The van der Waals surface area contributed by atoms with Crippen molar-refractivity contribution >= 4 is 15.9 Å². The highest BCUT2D eigenvalue weighted by Gasteiger charge is 2.02. The predicted octanol–water partition coefficient (Wildman–Crippen LogP) is 2.78. The zero-order valence-corrected chi connectivity index (χ0v) is 9.43. The van der Waals surface area contributed by atoms with Crippen LogP contribution in [0.3, 0.4) is 0 Å². The Morgan fingerprint density at radius 3 is 2.69 bits per heavy atom. The standard InChI is InChI=1S/C10H13BrO2/c1-8-3-4-9(13-6-5-11)10(7-8)12-2/h3-4,7H,5-6H2,1-2H3. The summed E-state index contributed by atoms with van der Waals surface area (Å²) in [6.07, 6.45) is 0. The maximum atomic E-state index is 5.46. The molecule has 0 aliphatic carbocycles. The molecule has 13 heavy (non-hydrogen) atoms. The van der Waals surface area contributed by atoms with Gasteiger partial charge in [-0.3, -0.25) is 0 Å². The minimum absolute atomic E-state index is 0.652. The van der Waals surface area contributed by atoms with Gasteiger partial charge in [-0.05, 0) is 24.6 Å². The second-order valence-electron chi connectivity index (χ2n) is 2.69. The fourth-order valence-corrected chi connectivity index (χ4v) is 1.20. The first kappa shape index (κ1) is 10.4. The van der Waals surface area contributed by atoms with Crippen LogP contribution < -0.4 is 9.47 Å². The van der Waals surface area contributed by atoms with E-state index in [2.05, 4.69) is 15.9 Å². The first-order valence-corrected chi connectivity index (χ1v) is 5.23. The Bertz CT molecular complexity index is 274. The molecule has 0 radical (unpaired) electrons. The number of methoxy groups -OCH3 is 1. The third-order valence-electron chi connectivity index (χ3n) is 1.65. The second-order valence-corrected chi connectivity index (χ2v) is 3.48. The molecule has 0 bridgehead atoms. The summed E-state index contributed by atoms with van der Waals surface area (Å²) in [5.41, 5.74) is 1.17. The maximum absolute atomic E-state index is 5.46. The Morgan fingerprint density at radius 1 is 1.31 bits per heavy atom. The first-order valence-electron chi connectivity index (χ1n) is 4.11. The van der Waals surface area contributed by atoms with Crippen molar-refractivity contribution in [1.29, 1.82) is 0 Å². The van der Waals surface area contributed by atoms with Gasteiger partial charge in [-0.25, -0.2) is 0 Å². The van der Waals surface area contributed by atoms with Gasteiger partial charge in [-0.2, -0.15) is 0 Å². The van der Waals surface area contributed by atoms with Gasteiger partial charge in [0.1, 0.15) is 0 Å². The van der Waals surface area contributed by atoms with Gasteiger partial charge >= 0.3 is 0 Å². The van der Waals surface area contributed by atoms with Gasteiger partial charge in [-0.1, -0.05) is 22.0 Å². The average Bonchev–Trinajstić information content (AvgIpc) is 2.16. The Hall–Kier alpha value is -0.700. The van der Waals surface area contributed by atoms with Crippen molar-refractivity contribution in [2.75, 3.05) is 19.0 Å². The van der Waals surface area contributed by atoms with Gasteiger partial charge in [0.05, 0.1) is 13.7 Å². The summed E-state index contributed by atoms with van der Waals surface area (Å²) in [4.78, 5) is 0. The smallest absolute Gasteiger partial charge is 0.161 e. The minimum Gasteiger partial charge on any atom is -0.493 e. The molecular formula is C10H13BrO2. The number of halogens is 1. The molecule has 0 atom stereocenters. The summed E-state index contributed by atoms with van der Waals surface area (Å²) in [6.45, 7) is 2.68. The molecule has 0 saturated heterocycles. The number of hydrogen-bond acceptors (Lipinski definition) is 2. The Balaban J connectivity index is 2.79. The van der Waals surface area contributed by atoms with Gasteiger partial charge in [0, 0.05) is 5.33 Å². The van der Waals surface area contributed by atoms with Crippen LogP contribution in [-0.2, 0) is 0 Å². The lowest BCUT2D eigenvalue weighted by Gasteiger charge is -2.09. The van der Waals surface area contributed by atoms with Crippen molar-refractivity contribution in [3.8, 4) is 11.5 Å². The van der Waals surface area contributed by atoms with E-state index in [0.29, 0.717) is 6.61 Å². The highest BCUT2D eigenvalue weighted by molar-refractivity contribution is 9.09. The molecule has 0 amide bonds. The summed E-state index contributed by atoms with van der Waals surface area (Å²) in [5.74, 6) is 1.59. The molecule has 0 fully saturated rings. The van der Waals surface area contributed by atoms with Crippen molar-refractivity contribution in [1.82, 2.24) is 0 Å². The number of ether oxygens (including phenoxy) is 2. The van der Waals surface area contributed by atoms with Crippen LogP contribution in [0.5, 0.6) is 11.5 Å². The van der Waals surface area contributed by atoms with E-state index in [-0.39, 0.29) is 0 Å². The first-order chi connectivity index (χ1) is 6.27. The van der Waals surface area contributed by atoms with Crippen LogP contribution in [-0.4, -0.2) is 19.0 Å². The van der Waals surface area contributed by atoms with Crippen LogP contribution in [0.1, 0.15) is 5.56 Å². The van der Waals surface area contributed by atoms with Crippen LogP contribution in [0.2, 0.25) is 0 Å².